The summed E-state index contributed by atoms with van der Waals surface area (Å²) in [5, 5.41) is 1.27. The molecule has 0 N–H and O–H groups in total. The van der Waals surface area contributed by atoms with Gasteiger partial charge in [0.25, 0.3) is 0 Å². The number of aromatic nitrogens is 1. The number of benzene rings is 2. The van der Waals surface area contributed by atoms with Crippen molar-refractivity contribution in [3.05, 3.63) is 65.4 Å². The Morgan fingerprint density at radius 3 is 2.68 bits per heavy atom. The standard InChI is InChI=1S/C21H23N3S/c1-23-14-19(15-8-9-20-16(12-15)13-22-25-20)17-6-2-3-7-18(17)21(23)24-10-4-5-11-24/h2-3,6-9,12-13,19,21H,4-5,10-11,14H2,1H3. The summed E-state index contributed by atoms with van der Waals surface area (Å²) < 4.78 is 5.61. The Kier molecular flexibility index (Phi) is 3.85. The summed E-state index contributed by atoms with van der Waals surface area (Å²) in [7, 11) is 2.29. The van der Waals surface area contributed by atoms with Crippen molar-refractivity contribution in [1.29, 1.82) is 0 Å². The van der Waals surface area contributed by atoms with Crippen molar-refractivity contribution in [3.8, 4) is 0 Å². The van der Waals surface area contributed by atoms with E-state index in [-0.39, 0.29) is 0 Å². The maximum Gasteiger partial charge on any atom is 0.0886 e. The van der Waals surface area contributed by atoms with Gasteiger partial charge in [-0.3, -0.25) is 9.80 Å². The first kappa shape index (κ1) is 15.5. The van der Waals surface area contributed by atoms with Crippen LogP contribution in [0.2, 0.25) is 0 Å². The van der Waals surface area contributed by atoms with E-state index in [1.54, 1.807) is 11.5 Å². The molecule has 3 aromatic rings. The van der Waals surface area contributed by atoms with Crippen LogP contribution in [0.25, 0.3) is 10.1 Å². The van der Waals surface area contributed by atoms with Crippen LogP contribution in [0, 0.1) is 0 Å². The molecule has 25 heavy (non-hydrogen) atoms. The van der Waals surface area contributed by atoms with E-state index in [1.165, 1.54) is 52.7 Å². The van der Waals surface area contributed by atoms with Crippen LogP contribution in [-0.2, 0) is 0 Å². The first-order valence-electron chi connectivity index (χ1n) is 9.19. The first-order chi connectivity index (χ1) is 12.3. The van der Waals surface area contributed by atoms with Crippen molar-refractivity contribution in [2.24, 2.45) is 0 Å². The van der Waals surface area contributed by atoms with Gasteiger partial charge in [-0.15, -0.1) is 0 Å². The summed E-state index contributed by atoms with van der Waals surface area (Å²) >= 11 is 1.58. The zero-order valence-electron chi connectivity index (χ0n) is 14.6. The van der Waals surface area contributed by atoms with Gasteiger partial charge in [0, 0.05) is 24.0 Å². The van der Waals surface area contributed by atoms with Crippen molar-refractivity contribution in [3.63, 3.8) is 0 Å². The minimum atomic E-state index is 0.432. The van der Waals surface area contributed by atoms with Gasteiger partial charge in [0.05, 0.1) is 10.9 Å². The molecule has 2 unspecified atom stereocenters. The Balaban J connectivity index is 1.59. The average molecular weight is 350 g/mol. The summed E-state index contributed by atoms with van der Waals surface area (Å²) in [4.78, 5) is 5.20. The number of hydrogen-bond donors (Lipinski definition) is 0. The van der Waals surface area contributed by atoms with Crippen LogP contribution in [0.3, 0.4) is 0 Å². The predicted octanol–water partition coefficient (Wildman–Crippen LogP) is 4.47. The van der Waals surface area contributed by atoms with Crippen LogP contribution >= 0.6 is 11.5 Å². The zero-order chi connectivity index (χ0) is 16.8. The van der Waals surface area contributed by atoms with Gasteiger partial charge in [-0.2, -0.15) is 4.37 Å². The summed E-state index contributed by atoms with van der Waals surface area (Å²) in [6, 6.07) is 15.9. The van der Waals surface area contributed by atoms with Crippen LogP contribution in [0.15, 0.2) is 48.7 Å². The number of likely N-dealkylation sites (tertiary alicyclic amines) is 1. The molecule has 1 saturated heterocycles. The molecule has 0 saturated carbocycles. The van der Waals surface area contributed by atoms with Crippen molar-refractivity contribution in [1.82, 2.24) is 14.2 Å². The molecule has 128 valence electrons. The van der Waals surface area contributed by atoms with Crippen LogP contribution in [0.5, 0.6) is 0 Å². The summed E-state index contributed by atoms with van der Waals surface area (Å²) in [5.74, 6) is 0.435. The van der Waals surface area contributed by atoms with Crippen molar-refractivity contribution >= 4 is 21.6 Å². The van der Waals surface area contributed by atoms with E-state index in [0.29, 0.717) is 12.1 Å². The van der Waals surface area contributed by atoms with E-state index >= 15 is 0 Å². The third-order valence-electron chi connectivity index (χ3n) is 5.80. The molecule has 0 bridgehead atoms. The minimum absolute atomic E-state index is 0.432. The molecule has 3 heterocycles. The fraction of sp³-hybridized carbons (Fsp3) is 0.381. The lowest BCUT2D eigenvalue weighted by molar-refractivity contribution is 0.0669. The molecule has 4 heteroatoms. The Hall–Kier alpha value is -1.75. The molecule has 0 radical (unpaired) electrons. The molecule has 2 aliphatic heterocycles. The van der Waals surface area contributed by atoms with E-state index in [9.17, 15) is 0 Å². The molecule has 3 nitrogen and oxygen atoms in total. The third kappa shape index (κ3) is 2.60. The van der Waals surface area contributed by atoms with Crippen LogP contribution in [0.4, 0.5) is 0 Å². The van der Waals surface area contributed by atoms with Crippen molar-refractivity contribution < 1.29 is 0 Å². The lowest BCUT2D eigenvalue weighted by atomic mass is 9.83. The quantitative estimate of drug-likeness (QED) is 0.680. The normalized spacial score (nSPS) is 24.7. The molecule has 5 rings (SSSR count). The Bertz CT molecular complexity index is 897. The van der Waals surface area contributed by atoms with Gasteiger partial charge < -0.3 is 0 Å². The maximum atomic E-state index is 4.34. The number of rotatable bonds is 2. The lowest BCUT2D eigenvalue weighted by Crippen LogP contribution is -2.44. The Morgan fingerprint density at radius 1 is 1.04 bits per heavy atom. The van der Waals surface area contributed by atoms with E-state index in [0.717, 1.165) is 6.54 Å². The molecule has 1 aromatic heterocycles. The molecular formula is C21H23N3S. The van der Waals surface area contributed by atoms with E-state index in [1.807, 2.05) is 6.20 Å². The average Bonchev–Trinajstić information content (AvgIpc) is 3.32. The fourth-order valence-electron chi connectivity index (χ4n) is 4.64. The molecule has 0 spiro atoms. The highest BCUT2D eigenvalue weighted by Gasteiger charge is 2.35. The van der Waals surface area contributed by atoms with Gasteiger partial charge in [0.1, 0.15) is 0 Å². The highest BCUT2D eigenvalue weighted by atomic mass is 32.1. The van der Waals surface area contributed by atoms with Gasteiger partial charge in [0.2, 0.25) is 0 Å². The SMILES string of the molecule is CN1CC(c2ccc3sncc3c2)c2ccccc2C1N1CCCC1. The molecule has 0 amide bonds. The topological polar surface area (TPSA) is 19.4 Å². The van der Waals surface area contributed by atoms with Gasteiger partial charge in [-0.1, -0.05) is 30.3 Å². The van der Waals surface area contributed by atoms with Gasteiger partial charge >= 0.3 is 0 Å². The van der Waals surface area contributed by atoms with Crippen LogP contribution < -0.4 is 0 Å². The zero-order valence-corrected chi connectivity index (χ0v) is 15.4. The monoisotopic (exact) mass is 349 g/mol. The molecule has 1 fully saturated rings. The molecular weight excluding hydrogens is 326 g/mol. The van der Waals surface area contributed by atoms with Gasteiger partial charge in [-0.05, 0) is 73.3 Å². The van der Waals surface area contributed by atoms with Crippen LogP contribution in [0.1, 0.15) is 41.6 Å². The number of fused-ring (bicyclic) bond motifs is 2. The maximum absolute atomic E-state index is 4.34. The van der Waals surface area contributed by atoms with E-state index < -0.39 is 0 Å². The van der Waals surface area contributed by atoms with Crippen molar-refractivity contribution in [2.75, 3.05) is 26.7 Å². The van der Waals surface area contributed by atoms with Crippen molar-refractivity contribution in [2.45, 2.75) is 24.9 Å². The highest BCUT2D eigenvalue weighted by Crippen LogP contribution is 2.41. The molecule has 2 aliphatic rings. The van der Waals surface area contributed by atoms with Crippen LogP contribution in [-0.4, -0.2) is 40.9 Å². The minimum Gasteiger partial charge on any atom is -0.286 e. The smallest absolute Gasteiger partial charge is 0.0886 e. The summed E-state index contributed by atoms with van der Waals surface area (Å²) in [6.45, 7) is 3.52. The molecule has 2 atom stereocenters. The van der Waals surface area contributed by atoms with Gasteiger partial charge in [-0.25, -0.2) is 0 Å². The Labute approximate surface area is 153 Å². The number of likely N-dealkylation sites (N-methyl/N-ethyl adjacent to an activating group) is 1. The number of hydrogen-bond acceptors (Lipinski definition) is 4. The number of nitrogens with zero attached hydrogens (tertiary/aromatic N) is 3. The van der Waals surface area contributed by atoms with E-state index in [2.05, 4.69) is 63.7 Å². The molecule has 0 aliphatic carbocycles. The second-order valence-corrected chi connectivity index (χ2v) is 8.19. The highest BCUT2D eigenvalue weighted by molar-refractivity contribution is 7.13. The third-order valence-corrected chi connectivity index (χ3v) is 6.58. The largest absolute Gasteiger partial charge is 0.286 e. The second-order valence-electron chi connectivity index (χ2n) is 7.36. The molecule has 2 aromatic carbocycles. The summed E-state index contributed by atoms with van der Waals surface area (Å²) in [6.07, 6.45) is 5.09. The van der Waals surface area contributed by atoms with Gasteiger partial charge in [0.15, 0.2) is 0 Å². The fourth-order valence-corrected chi connectivity index (χ4v) is 5.27. The Morgan fingerprint density at radius 2 is 1.84 bits per heavy atom. The first-order valence-corrected chi connectivity index (χ1v) is 9.96. The summed E-state index contributed by atoms with van der Waals surface area (Å²) in [5.41, 5.74) is 4.40. The van der Waals surface area contributed by atoms with E-state index in [4.69, 9.17) is 0 Å². The second kappa shape index (κ2) is 6.20. The lowest BCUT2D eigenvalue weighted by Gasteiger charge is -2.43. The predicted molar refractivity (Wildman–Crippen MR) is 104 cm³/mol.